The Morgan fingerprint density at radius 2 is 2.20 bits per heavy atom. The maximum Gasteiger partial charge on any atom is 0.0684 e. The molecular weight excluding hydrogens is 186 g/mol. The summed E-state index contributed by atoms with van der Waals surface area (Å²) in [7, 11) is 1.92. The summed E-state index contributed by atoms with van der Waals surface area (Å²) in [4.78, 5) is 0. The molecule has 0 spiro atoms. The van der Waals surface area contributed by atoms with Crippen molar-refractivity contribution in [3.8, 4) is 11.8 Å². The van der Waals surface area contributed by atoms with E-state index in [0.717, 1.165) is 29.7 Å². The van der Waals surface area contributed by atoms with Gasteiger partial charge >= 0.3 is 0 Å². The fourth-order valence-electron chi connectivity index (χ4n) is 1.30. The van der Waals surface area contributed by atoms with Crippen molar-refractivity contribution >= 4 is 0 Å². The molecule has 1 aromatic rings. The van der Waals surface area contributed by atoms with Gasteiger partial charge in [-0.25, -0.2) is 0 Å². The maximum atomic E-state index is 9.01. The van der Waals surface area contributed by atoms with Gasteiger partial charge in [-0.15, -0.1) is 0 Å². The highest BCUT2D eigenvalue weighted by Crippen LogP contribution is 2.10. The minimum Gasteiger partial charge on any atom is -0.392 e. The van der Waals surface area contributed by atoms with Crippen LogP contribution >= 0.6 is 0 Å². The number of hydrogen-bond acceptors (Lipinski definition) is 2. The maximum absolute atomic E-state index is 9.01. The fourth-order valence-corrected chi connectivity index (χ4v) is 1.30. The van der Waals surface area contributed by atoms with Crippen molar-refractivity contribution in [1.29, 1.82) is 0 Å². The highest BCUT2D eigenvalue weighted by molar-refractivity contribution is 5.40. The zero-order chi connectivity index (χ0) is 11.1. The topological polar surface area (TPSA) is 32.3 Å². The van der Waals surface area contributed by atoms with Crippen LogP contribution in [0.2, 0.25) is 0 Å². The van der Waals surface area contributed by atoms with Crippen molar-refractivity contribution in [3.05, 3.63) is 34.9 Å². The lowest BCUT2D eigenvalue weighted by molar-refractivity contribution is 0.281. The van der Waals surface area contributed by atoms with E-state index < -0.39 is 0 Å². The van der Waals surface area contributed by atoms with Crippen LogP contribution < -0.4 is 5.32 Å². The van der Waals surface area contributed by atoms with Gasteiger partial charge in [0.25, 0.3) is 0 Å². The summed E-state index contributed by atoms with van der Waals surface area (Å²) in [5.74, 6) is 6.19. The second-order valence-electron chi connectivity index (χ2n) is 3.45. The minimum absolute atomic E-state index is 0.0965. The molecule has 0 bridgehead atoms. The van der Waals surface area contributed by atoms with Crippen LogP contribution in [0.5, 0.6) is 0 Å². The Balaban J connectivity index is 2.69. The summed E-state index contributed by atoms with van der Waals surface area (Å²) >= 11 is 0. The van der Waals surface area contributed by atoms with Crippen LogP contribution in [0.25, 0.3) is 0 Å². The Morgan fingerprint density at radius 1 is 1.40 bits per heavy atom. The van der Waals surface area contributed by atoms with E-state index >= 15 is 0 Å². The molecule has 0 heterocycles. The molecule has 0 radical (unpaired) electrons. The zero-order valence-corrected chi connectivity index (χ0v) is 9.30. The standard InChI is InChI=1S/C13H17NO/c1-11-9-12(5-3-4-8-14-2)6-7-13(11)10-15/h6-7,9,14-15H,4,8,10H2,1-2H3. The molecular formula is C13H17NO. The predicted molar refractivity (Wildman–Crippen MR) is 62.5 cm³/mol. The van der Waals surface area contributed by atoms with Gasteiger partial charge in [-0.2, -0.15) is 0 Å². The van der Waals surface area contributed by atoms with Crippen LogP contribution in [-0.4, -0.2) is 18.7 Å². The van der Waals surface area contributed by atoms with Crippen molar-refractivity contribution in [2.45, 2.75) is 20.0 Å². The van der Waals surface area contributed by atoms with E-state index in [0.29, 0.717) is 0 Å². The van der Waals surface area contributed by atoms with E-state index in [1.165, 1.54) is 0 Å². The molecule has 0 fully saturated rings. The van der Waals surface area contributed by atoms with E-state index in [9.17, 15) is 0 Å². The molecule has 0 atom stereocenters. The summed E-state index contributed by atoms with van der Waals surface area (Å²) in [5, 5.41) is 12.1. The summed E-state index contributed by atoms with van der Waals surface area (Å²) in [6.07, 6.45) is 0.858. The van der Waals surface area contributed by atoms with Crippen molar-refractivity contribution in [2.75, 3.05) is 13.6 Å². The molecule has 2 nitrogen and oxygen atoms in total. The fraction of sp³-hybridized carbons (Fsp3) is 0.385. The molecule has 0 unspecified atom stereocenters. The van der Waals surface area contributed by atoms with Crippen LogP contribution in [0, 0.1) is 18.8 Å². The van der Waals surface area contributed by atoms with Crippen LogP contribution in [0.3, 0.4) is 0 Å². The third kappa shape index (κ3) is 3.75. The lowest BCUT2D eigenvalue weighted by atomic mass is 10.1. The number of hydrogen-bond donors (Lipinski definition) is 2. The number of aliphatic hydroxyl groups excluding tert-OH is 1. The van der Waals surface area contributed by atoms with Crippen molar-refractivity contribution in [1.82, 2.24) is 5.32 Å². The Kier molecular flexibility index (Phi) is 4.89. The molecule has 0 saturated carbocycles. The average Bonchev–Trinajstić information content (AvgIpc) is 2.25. The normalized spacial score (nSPS) is 9.53. The summed E-state index contributed by atoms with van der Waals surface area (Å²) in [5.41, 5.74) is 3.08. The number of benzene rings is 1. The number of aryl methyl sites for hydroxylation is 1. The molecule has 0 aromatic heterocycles. The molecule has 1 rings (SSSR count). The highest BCUT2D eigenvalue weighted by atomic mass is 16.3. The molecule has 1 aromatic carbocycles. The first-order chi connectivity index (χ1) is 7.27. The highest BCUT2D eigenvalue weighted by Gasteiger charge is 1.96. The third-order valence-electron chi connectivity index (χ3n) is 2.25. The zero-order valence-electron chi connectivity index (χ0n) is 9.30. The quantitative estimate of drug-likeness (QED) is 0.575. The molecule has 0 aliphatic carbocycles. The van der Waals surface area contributed by atoms with Gasteiger partial charge in [0, 0.05) is 18.5 Å². The first kappa shape index (κ1) is 11.8. The summed E-state index contributed by atoms with van der Waals surface area (Å²) in [6, 6.07) is 5.89. The van der Waals surface area contributed by atoms with Gasteiger partial charge in [0.1, 0.15) is 0 Å². The lowest BCUT2D eigenvalue weighted by Gasteiger charge is -2.01. The monoisotopic (exact) mass is 203 g/mol. The van der Waals surface area contributed by atoms with Gasteiger partial charge in [0.15, 0.2) is 0 Å². The molecule has 80 valence electrons. The van der Waals surface area contributed by atoms with Gasteiger partial charge in [0.05, 0.1) is 6.61 Å². The molecule has 0 aliphatic heterocycles. The van der Waals surface area contributed by atoms with E-state index in [2.05, 4.69) is 17.2 Å². The third-order valence-corrected chi connectivity index (χ3v) is 2.25. The average molecular weight is 203 g/mol. The minimum atomic E-state index is 0.0965. The Morgan fingerprint density at radius 3 is 2.80 bits per heavy atom. The smallest absolute Gasteiger partial charge is 0.0684 e. The first-order valence-corrected chi connectivity index (χ1v) is 5.11. The molecule has 0 aliphatic rings. The van der Waals surface area contributed by atoms with Crippen molar-refractivity contribution in [2.24, 2.45) is 0 Å². The van der Waals surface area contributed by atoms with E-state index in [1.54, 1.807) is 0 Å². The summed E-state index contributed by atoms with van der Waals surface area (Å²) < 4.78 is 0. The van der Waals surface area contributed by atoms with Gasteiger partial charge in [-0.05, 0) is 37.2 Å². The first-order valence-electron chi connectivity index (χ1n) is 5.11. The Bertz CT molecular complexity index is 374. The van der Waals surface area contributed by atoms with Crippen LogP contribution in [0.15, 0.2) is 18.2 Å². The van der Waals surface area contributed by atoms with Gasteiger partial charge in [-0.1, -0.05) is 17.9 Å². The molecule has 2 heteroatoms. The second kappa shape index (κ2) is 6.23. The Labute approximate surface area is 91.3 Å². The van der Waals surface area contributed by atoms with E-state index in [1.807, 2.05) is 32.2 Å². The van der Waals surface area contributed by atoms with E-state index in [-0.39, 0.29) is 6.61 Å². The van der Waals surface area contributed by atoms with Crippen molar-refractivity contribution < 1.29 is 5.11 Å². The van der Waals surface area contributed by atoms with E-state index in [4.69, 9.17) is 5.11 Å². The van der Waals surface area contributed by atoms with Gasteiger partial charge in [0.2, 0.25) is 0 Å². The van der Waals surface area contributed by atoms with Crippen LogP contribution in [0.4, 0.5) is 0 Å². The molecule has 0 saturated heterocycles. The lowest BCUT2D eigenvalue weighted by Crippen LogP contribution is -2.05. The number of nitrogens with one attached hydrogen (secondary N) is 1. The van der Waals surface area contributed by atoms with Crippen molar-refractivity contribution in [3.63, 3.8) is 0 Å². The number of rotatable bonds is 3. The van der Waals surface area contributed by atoms with Crippen LogP contribution in [-0.2, 0) is 6.61 Å². The van der Waals surface area contributed by atoms with Crippen LogP contribution in [0.1, 0.15) is 23.1 Å². The molecule has 2 N–H and O–H groups in total. The largest absolute Gasteiger partial charge is 0.392 e. The second-order valence-corrected chi connectivity index (χ2v) is 3.45. The summed E-state index contributed by atoms with van der Waals surface area (Å²) in [6.45, 7) is 3.00. The predicted octanol–water partition coefficient (Wildman–Crippen LogP) is 1.45. The van der Waals surface area contributed by atoms with Gasteiger partial charge in [-0.3, -0.25) is 0 Å². The molecule has 15 heavy (non-hydrogen) atoms. The SMILES string of the molecule is CNCCC#Cc1ccc(CO)c(C)c1. The Hall–Kier alpha value is -1.30. The van der Waals surface area contributed by atoms with Gasteiger partial charge < -0.3 is 10.4 Å². The molecule has 0 amide bonds. The number of aliphatic hydroxyl groups is 1.